The number of amides is 2. The summed E-state index contributed by atoms with van der Waals surface area (Å²) in [5.74, 6) is -0.594. The van der Waals surface area contributed by atoms with Gasteiger partial charge in [0, 0.05) is 19.3 Å². The molecule has 2 N–H and O–H groups in total. The summed E-state index contributed by atoms with van der Waals surface area (Å²) in [7, 11) is 0. The standard InChI is InChI=1S/C19H25ClN4O2/c1-13(2)17(23-18(25)15-7-4-5-8-16(15)20)19(26)21-9-6-10-24-12-14(3)11-22-24/h4-5,7-8,11-13,17H,6,9-10H2,1-3H3,(H,21,26)(H,23,25). The van der Waals surface area contributed by atoms with Crippen LogP contribution in [0.25, 0.3) is 0 Å². The first-order valence-electron chi connectivity index (χ1n) is 8.70. The van der Waals surface area contributed by atoms with Gasteiger partial charge in [-0.25, -0.2) is 0 Å². The van der Waals surface area contributed by atoms with Crippen LogP contribution >= 0.6 is 11.6 Å². The molecule has 26 heavy (non-hydrogen) atoms. The maximum Gasteiger partial charge on any atom is 0.253 e. The minimum absolute atomic E-state index is 0.0461. The van der Waals surface area contributed by atoms with Crippen molar-refractivity contribution in [1.82, 2.24) is 20.4 Å². The molecule has 2 aromatic rings. The van der Waals surface area contributed by atoms with Crippen molar-refractivity contribution in [2.45, 2.75) is 39.8 Å². The van der Waals surface area contributed by atoms with Crippen LogP contribution < -0.4 is 10.6 Å². The number of hydrogen-bond acceptors (Lipinski definition) is 3. The van der Waals surface area contributed by atoms with Gasteiger partial charge in [0.1, 0.15) is 6.04 Å². The van der Waals surface area contributed by atoms with Crippen LogP contribution in [0.5, 0.6) is 0 Å². The van der Waals surface area contributed by atoms with Gasteiger partial charge in [0.05, 0.1) is 16.8 Å². The lowest BCUT2D eigenvalue weighted by Crippen LogP contribution is -2.50. The predicted octanol–water partition coefficient (Wildman–Crippen LogP) is 2.81. The number of halogens is 1. The lowest BCUT2D eigenvalue weighted by Gasteiger charge is -2.22. The summed E-state index contributed by atoms with van der Waals surface area (Å²) in [6.45, 7) is 7.02. The number of nitrogens with one attached hydrogen (secondary N) is 2. The van der Waals surface area contributed by atoms with Crippen LogP contribution in [0, 0.1) is 12.8 Å². The molecule has 0 saturated carbocycles. The molecule has 2 amide bonds. The Morgan fingerprint density at radius 2 is 2.00 bits per heavy atom. The molecule has 1 heterocycles. The predicted molar refractivity (Wildman–Crippen MR) is 102 cm³/mol. The van der Waals surface area contributed by atoms with E-state index < -0.39 is 6.04 Å². The Morgan fingerprint density at radius 3 is 2.62 bits per heavy atom. The zero-order valence-corrected chi connectivity index (χ0v) is 16.1. The SMILES string of the molecule is Cc1cnn(CCCNC(=O)C(NC(=O)c2ccccc2Cl)C(C)C)c1. The van der Waals surface area contributed by atoms with Crippen molar-refractivity contribution in [2.24, 2.45) is 5.92 Å². The second kappa shape index (κ2) is 9.38. The third-order valence-corrected chi connectivity index (χ3v) is 4.31. The molecule has 140 valence electrons. The number of aryl methyl sites for hydroxylation is 2. The van der Waals surface area contributed by atoms with E-state index in [1.165, 1.54) is 0 Å². The third-order valence-electron chi connectivity index (χ3n) is 3.98. The fourth-order valence-corrected chi connectivity index (χ4v) is 2.77. The minimum Gasteiger partial charge on any atom is -0.354 e. The molecule has 0 fully saturated rings. The monoisotopic (exact) mass is 376 g/mol. The summed E-state index contributed by atoms with van der Waals surface area (Å²) < 4.78 is 1.85. The van der Waals surface area contributed by atoms with Gasteiger partial charge >= 0.3 is 0 Å². The summed E-state index contributed by atoms with van der Waals surface area (Å²) in [5, 5.41) is 10.2. The maximum atomic E-state index is 12.5. The molecular weight excluding hydrogens is 352 g/mol. The molecule has 1 unspecified atom stereocenters. The Balaban J connectivity index is 1.86. The molecule has 0 spiro atoms. The Morgan fingerprint density at radius 1 is 1.27 bits per heavy atom. The number of nitrogens with zero attached hydrogens (tertiary/aromatic N) is 2. The highest BCUT2D eigenvalue weighted by atomic mass is 35.5. The fraction of sp³-hybridized carbons (Fsp3) is 0.421. The zero-order chi connectivity index (χ0) is 19.1. The van der Waals surface area contributed by atoms with Gasteiger partial charge in [0.2, 0.25) is 5.91 Å². The van der Waals surface area contributed by atoms with Crippen molar-refractivity contribution in [3.8, 4) is 0 Å². The van der Waals surface area contributed by atoms with E-state index in [0.29, 0.717) is 17.1 Å². The first-order chi connectivity index (χ1) is 12.4. The third kappa shape index (κ3) is 5.59. The highest BCUT2D eigenvalue weighted by molar-refractivity contribution is 6.33. The second-order valence-corrected chi connectivity index (χ2v) is 7.01. The van der Waals surface area contributed by atoms with Crippen LogP contribution in [0.2, 0.25) is 5.02 Å². The van der Waals surface area contributed by atoms with E-state index in [9.17, 15) is 9.59 Å². The fourth-order valence-electron chi connectivity index (χ4n) is 2.55. The summed E-state index contributed by atoms with van der Waals surface area (Å²) in [6.07, 6.45) is 4.52. The molecule has 0 aliphatic carbocycles. The molecule has 2 rings (SSSR count). The largest absolute Gasteiger partial charge is 0.354 e. The van der Waals surface area contributed by atoms with E-state index in [0.717, 1.165) is 18.5 Å². The molecule has 0 bridgehead atoms. The van der Waals surface area contributed by atoms with Crippen molar-refractivity contribution in [3.63, 3.8) is 0 Å². The molecule has 0 aliphatic rings. The minimum atomic E-state index is -0.620. The molecule has 6 nitrogen and oxygen atoms in total. The van der Waals surface area contributed by atoms with Crippen LogP contribution in [0.3, 0.4) is 0 Å². The van der Waals surface area contributed by atoms with Crippen molar-refractivity contribution in [2.75, 3.05) is 6.54 Å². The van der Waals surface area contributed by atoms with Gasteiger partial charge in [-0.2, -0.15) is 5.10 Å². The lowest BCUT2D eigenvalue weighted by atomic mass is 10.0. The van der Waals surface area contributed by atoms with Crippen LogP contribution in [0.15, 0.2) is 36.7 Å². The highest BCUT2D eigenvalue weighted by Gasteiger charge is 2.25. The Bertz CT molecular complexity index is 758. The van der Waals surface area contributed by atoms with E-state index in [4.69, 9.17) is 11.6 Å². The van der Waals surface area contributed by atoms with Crippen LogP contribution in [0.4, 0.5) is 0 Å². The van der Waals surface area contributed by atoms with Gasteiger partial charge in [-0.3, -0.25) is 14.3 Å². The van der Waals surface area contributed by atoms with Gasteiger partial charge in [-0.1, -0.05) is 37.6 Å². The van der Waals surface area contributed by atoms with Crippen molar-refractivity contribution >= 4 is 23.4 Å². The van der Waals surface area contributed by atoms with E-state index in [-0.39, 0.29) is 17.7 Å². The van der Waals surface area contributed by atoms with E-state index in [1.54, 1.807) is 30.5 Å². The normalized spacial score (nSPS) is 12.0. The van der Waals surface area contributed by atoms with Crippen LogP contribution in [-0.2, 0) is 11.3 Å². The van der Waals surface area contributed by atoms with Crippen LogP contribution in [-0.4, -0.2) is 34.2 Å². The number of rotatable bonds is 8. The van der Waals surface area contributed by atoms with Crippen molar-refractivity contribution in [1.29, 1.82) is 0 Å². The van der Waals surface area contributed by atoms with E-state index in [1.807, 2.05) is 31.6 Å². The molecule has 1 atom stereocenters. The molecule has 7 heteroatoms. The summed E-state index contributed by atoms with van der Waals surface area (Å²) >= 11 is 6.05. The first-order valence-corrected chi connectivity index (χ1v) is 9.08. The Hall–Kier alpha value is -2.34. The number of benzene rings is 1. The zero-order valence-electron chi connectivity index (χ0n) is 15.3. The molecule has 0 aliphatic heterocycles. The van der Waals surface area contributed by atoms with Gasteiger partial charge in [0.25, 0.3) is 5.91 Å². The van der Waals surface area contributed by atoms with Gasteiger partial charge in [-0.05, 0) is 37.0 Å². The number of hydrogen-bond donors (Lipinski definition) is 2. The van der Waals surface area contributed by atoms with E-state index >= 15 is 0 Å². The quantitative estimate of drug-likeness (QED) is 0.695. The van der Waals surface area contributed by atoms with Crippen molar-refractivity contribution in [3.05, 3.63) is 52.8 Å². The topological polar surface area (TPSA) is 76.0 Å². The molecule has 0 radical (unpaired) electrons. The molecule has 1 aromatic heterocycles. The molecule has 0 saturated heterocycles. The lowest BCUT2D eigenvalue weighted by molar-refractivity contribution is -0.123. The van der Waals surface area contributed by atoms with Crippen LogP contribution in [0.1, 0.15) is 36.2 Å². The summed E-state index contributed by atoms with van der Waals surface area (Å²) in [4.78, 5) is 24.9. The average Bonchev–Trinajstić information content (AvgIpc) is 3.01. The number of aromatic nitrogens is 2. The smallest absolute Gasteiger partial charge is 0.253 e. The maximum absolute atomic E-state index is 12.5. The Kier molecular flexibility index (Phi) is 7.21. The molecular formula is C19H25ClN4O2. The highest BCUT2D eigenvalue weighted by Crippen LogP contribution is 2.15. The summed E-state index contributed by atoms with van der Waals surface area (Å²) in [6, 6.07) is 6.16. The van der Waals surface area contributed by atoms with Gasteiger partial charge < -0.3 is 10.6 Å². The number of carbonyl (C=O) groups is 2. The van der Waals surface area contributed by atoms with Gasteiger partial charge in [0.15, 0.2) is 0 Å². The summed E-state index contributed by atoms with van der Waals surface area (Å²) in [5.41, 5.74) is 1.47. The first kappa shape index (κ1) is 20.0. The number of carbonyl (C=O) groups excluding carboxylic acids is 2. The van der Waals surface area contributed by atoms with Gasteiger partial charge in [-0.15, -0.1) is 0 Å². The second-order valence-electron chi connectivity index (χ2n) is 6.60. The van der Waals surface area contributed by atoms with Crippen molar-refractivity contribution < 1.29 is 9.59 Å². The Labute approximate surface area is 158 Å². The average molecular weight is 377 g/mol. The molecule has 1 aromatic carbocycles. The van der Waals surface area contributed by atoms with E-state index in [2.05, 4.69) is 15.7 Å².